The fourth-order valence-corrected chi connectivity index (χ4v) is 2.26. The number of benzene rings is 1. The highest BCUT2D eigenvalue weighted by atomic mass is 16.5. The monoisotopic (exact) mass is 272 g/mol. The molecule has 0 saturated heterocycles. The highest BCUT2D eigenvalue weighted by Crippen LogP contribution is 2.32. The largest absolute Gasteiger partial charge is 0.478 e. The van der Waals surface area contributed by atoms with Crippen molar-refractivity contribution in [1.82, 2.24) is 0 Å². The van der Waals surface area contributed by atoms with Gasteiger partial charge in [0.15, 0.2) is 6.10 Å². The lowest BCUT2D eigenvalue weighted by Gasteiger charge is -2.16. The number of ether oxygens (including phenoxy) is 1. The minimum absolute atomic E-state index is 0.129. The van der Waals surface area contributed by atoms with Crippen molar-refractivity contribution in [1.29, 1.82) is 0 Å². The number of aliphatic hydroxyl groups is 1. The molecule has 2 heterocycles. The summed E-state index contributed by atoms with van der Waals surface area (Å²) in [5, 5.41) is 10.2. The van der Waals surface area contributed by atoms with Gasteiger partial charge in [-0.25, -0.2) is 4.79 Å². The van der Waals surface area contributed by atoms with Crippen molar-refractivity contribution in [2.24, 2.45) is 0 Å². The van der Waals surface area contributed by atoms with Crippen LogP contribution in [0.3, 0.4) is 0 Å². The number of rotatable bonds is 2. The molecule has 1 aromatic heterocycles. The van der Waals surface area contributed by atoms with E-state index in [9.17, 15) is 14.7 Å². The zero-order chi connectivity index (χ0) is 14.3. The van der Waals surface area contributed by atoms with Gasteiger partial charge in [0.1, 0.15) is 23.2 Å². The first-order valence-corrected chi connectivity index (χ1v) is 6.16. The summed E-state index contributed by atoms with van der Waals surface area (Å²) in [6, 6.07) is 10.2. The van der Waals surface area contributed by atoms with Crippen LogP contribution >= 0.6 is 0 Å². The number of Topliss-reactive ketones (excluding diaryl/α,β-unsaturated/α-hetero) is 1. The first-order valence-electron chi connectivity index (χ1n) is 6.16. The van der Waals surface area contributed by atoms with Gasteiger partial charge in [0.2, 0.25) is 5.78 Å². The highest BCUT2D eigenvalue weighted by Gasteiger charge is 2.41. The molecular formula is C15H12O5. The van der Waals surface area contributed by atoms with Gasteiger partial charge in [-0.15, -0.1) is 0 Å². The van der Waals surface area contributed by atoms with Crippen molar-refractivity contribution < 1.29 is 19.1 Å². The quantitative estimate of drug-likeness (QED) is 0.899. The Morgan fingerprint density at radius 1 is 1.20 bits per heavy atom. The van der Waals surface area contributed by atoms with Gasteiger partial charge in [-0.1, -0.05) is 30.3 Å². The predicted octanol–water partition coefficient (Wildman–Crippen LogP) is 1.63. The summed E-state index contributed by atoms with van der Waals surface area (Å²) in [4.78, 5) is 23.9. The summed E-state index contributed by atoms with van der Waals surface area (Å²) in [6.07, 6.45) is -2.24. The number of hydrogen-bond donors (Lipinski definition) is 1. The van der Waals surface area contributed by atoms with Gasteiger partial charge in [0, 0.05) is 6.07 Å². The highest BCUT2D eigenvalue weighted by molar-refractivity contribution is 6.04. The van der Waals surface area contributed by atoms with Gasteiger partial charge in [-0.2, -0.15) is 0 Å². The first-order chi connectivity index (χ1) is 9.58. The molecule has 0 saturated carbocycles. The zero-order valence-electron chi connectivity index (χ0n) is 10.7. The molecular weight excluding hydrogens is 260 g/mol. The minimum atomic E-state index is -1.13. The third-order valence-electron chi connectivity index (χ3n) is 3.23. The van der Waals surface area contributed by atoms with Crippen LogP contribution in [0.2, 0.25) is 0 Å². The molecule has 1 aliphatic heterocycles. The van der Waals surface area contributed by atoms with Crippen LogP contribution in [-0.4, -0.2) is 17.0 Å². The van der Waals surface area contributed by atoms with E-state index in [-0.39, 0.29) is 11.3 Å². The van der Waals surface area contributed by atoms with Crippen LogP contribution in [0.15, 0.2) is 45.6 Å². The molecule has 0 bridgehead atoms. The van der Waals surface area contributed by atoms with Crippen LogP contribution in [0.25, 0.3) is 0 Å². The summed E-state index contributed by atoms with van der Waals surface area (Å²) in [5.41, 5.74) is -0.303. The van der Waals surface area contributed by atoms with Crippen LogP contribution in [0.4, 0.5) is 0 Å². The molecule has 5 heteroatoms. The normalized spacial score (nSPS) is 18.5. The van der Waals surface area contributed by atoms with E-state index in [2.05, 4.69) is 0 Å². The van der Waals surface area contributed by atoms with Crippen molar-refractivity contribution in [3.63, 3.8) is 0 Å². The number of aryl methyl sites for hydroxylation is 1. The molecule has 0 radical (unpaired) electrons. The molecule has 2 aromatic rings. The molecule has 1 N–H and O–H groups in total. The lowest BCUT2D eigenvalue weighted by atomic mass is 10.00. The van der Waals surface area contributed by atoms with Crippen LogP contribution in [0.5, 0.6) is 5.75 Å². The fraction of sp³-hybridized carbons (Fsp3) is 0.200. The molecule has 1 aliphatic rings. The second-order valence-electron chi connectivity index (χ2n) is 4.64. The molecule has 2 unspecified atom stereocenters. The smallest absolute Gasteiger partial charge is 0.350 e. The van der Waals surface area contributed by atoms with Gasteiger partial charge < -0.3 is 14.3 Å². The Morgan fingerprint density at radius 2 is 1.90 bits per heavy atom. The standard InChI is InChI=1S/C15H12O5/c1-8-7-10-11(15(18)19-8)13(17)14(20-10)12(16)9-5-3-2-4-6-9/h2-7,12,14,16H,1H3. The van der Waals surface area contributed by atoms with Crippen molar-refractivity contribution in [2.45, 2.75) is 19.1 Å². The second kappa shape index (κ2) is 4.61. The zero-order valence-corrected chi connectivity index (χ0v) is 10.7. The summed E-state index contributed by atoms with van der Waals surface area (Å²) < 4.78 is 10.3. The van der Waals surface area contributed by atoms with Gasteiger partial charge in [0.25, 0.3) is 0 Å². The van der Waals surface area contributed by atoms with Crippen molar-refractivity contribution in [3.05, 3.63) is 63.7 Å². The topological polar surface area (TPSA) is 76.7 Å². The molecule has 2 atom stereocenters. The number of aliphatic hydroxyl groups excluding tert-OH is 1. The number of ketones is 1. The number of carbonyl (C=O) groups is 1. The fourth-order valence-electron chi connectivity index (χ4n) is 2.26. The lowest BCUT2D eigenvalue weighted by Crippen LogP contribution is -2.29. The van der Waals surface area contributed by atoms with Crippen molar-refractivity contribution in [2.75, 3.05) is 0 Å². The molecule has 102 valence electrons. The Labute approximate surface area is 114 Å². The third-order valence-corrected chi connectivity index (χ3v) is 3.23. The molecule has 0 spiro atoms. The molecule has 1 aromatic carbocycles. The Bertz CT molecular complexity index is 717. The van der Waals surface area contributed by atoms with E-state index in [0.29, 0.717) is 11.3 Å². The maximum absolute atomic E-state index is 12.2. The second-order valence-corrected chi connectivity index (χ2v) is 4.64. The summed E-state index contributed by atoms with van der Waals surface area (Å²) in [6.45, 7) is 1.59. The van der Waals surface area contributed by atoms with Crippen LogP contribution in [0, 0.1) is 6.92 Å². The molecule has 5 nitrogen and oxygen atoms in total. The van der Waals surface area contributed by atoms with Crippen LogP contribution in [-0.2, 0) is 0 Å². The van der Waals surface area contributed by atoms with Gasteiger partial charge in [-0.3, -0.25) is 4.79 Å². The van der Waals surface area contributed by atoms with Crippen molar-refractivity contribution >= 4 is 5.78 Å². The average Bonchev–Trinajstić information content (AvgIpc) is 2.76. The van der Waals surface area contributed by atoms with E-state index in [4.69, 9.17) is 9.15 Å². The lowest BCUT2D eigenvalue weighted by molar-refractivity contribution is 0.0407. The van der Waals surface area contributed by atoms with Gasteiger partial charge in [-0.05, 0) is 12.5 Å². The molecule has 0 amide bonds. The molecule has 0 aliphatic carbocycles. The molecule has 0 fully saturated rings. The van der Waals surface area contributed by atoms with Gasteiger partial charge >= 0.3 is 5.63 Å². The maximum atomic E-state index is 12.2. The summed E-state index contributed by atoms with van der Waals surface area (Å²) >= 11 is 0. The van der Waals surface area contributed by atoms with Crippen LogP contribution < -0.4 is 10.4 Å². The van der Waals surface area contributed by atoms with E-state index < -0.39 is 23.6 Å². The average molecular weight is 272 g/mol. The Kier molecular flexibility index (Phi) is 2.91. The maximum Gasteiger partial charge on any atom is 0.350 e. The Hall–Kier alpha value is -2.40. The Balaban J connectivity index is 1.98. The SMILES string of the molecule is Cc1cc2c(c(=O)o1)C(=O)C(C(O)c1ccccc1)O2. The first kappa shape index (κ1) is 12.6. The van der Waals surface area contributed by atoms with E-state index in [1.807, 2.05) is 0 Å². The summed E-state index contributed by atoms with van der Waals surface area (Å²) in [7, 11) is 0. The molecule has 20 heavy (non-hydrogen) atoms. The van der Waals surface area contributed by atoms with E-state index in [0.717, 1.165) is 0 Å². The summed E-state index contributed by atoms with van der Waals surface area (Å²) in [5.74, 6) is -0.0229. The number of hydrogen-bond acceptors (Lipinski definition) is 5. The third kappa shape index (κ3) is 1.92. The van der Waals surface area contributed by atoms with Crippen molar-refractivity contribution in [3.8, 4) is 5.75 Å². The predicted molar refractivity (Wildman–Crippen MR) is 69.9 cm³/mol. The Morgan fingerprint density at radius 3 is 2.60 bits per heavy atom. The van der Waals surface area contributed by atoms with E-state index in [1.54, 1.807) is 37.3 Å². The van der Waals surface area contributed by atoms with Gasteiger partial charge in [0.05, 0.1) is 0 Å². The minimum Gasteiger partial charge on any atom is -0.478 e. The number of carbonyl (C=O) groups excluding carboxylic acids is 1. The number of fused-ring (bicyclic) bond motifs is 1. The van der Waals surface area contributed by atoms with E-state index >= 15 is 0 Å². The molecule has 3 rings (SSSR count). The van der Waals surface area contributed by atoms with E-state index in [1.165, 1.54) is 6.07 Å². The van der Waals surface area contributed by atoms with Crippen LogP contribution in [0.1, 0.15) is 27.8 Å².